The lowest BCUT2D eigenvalue weighted by Crippen LogP contribution is -2.29. The summed E-state index contributed by atoms with van der Waals surface area (Å²) in [6.45, 7) is 0. The van der Waals surface area contributed by atoms with Gasteiger partial charge < -0.3 is 9.32 Å². The lowest BCUT2D eigenvalue weighted by Gasteiger charge is -2.35. The fourth-order valence-electron chi connectivity index (χ4n) is 12.2. The molecular weight excluding hydrogens is 775 g/mol. The van der Waals surface area contributed by atoms with Crippen LogP contribution in [0.2, 0.25) is 0 Å². The summed E-state index contributed by atoms with van der Waals surface area (Å²) in [6, 6.07) is 81.0. The van der Waals surface area contributed by atoms with E-state index < -0.39 is 5.41 Å². The van der Waals surface area contributed by atoms with Crippen molar-refractivity contribution in [2.24, 2.45) is 11.8 Å². The summed E-state index contributed by atoms with van der Waals surface area (Å²) in [7, 11) is 0. The van der Waals surface area contributed by atoms with E-state index >= 15 is 0 Å². The Morgan fingerprint density at radius 2 is 1.03 bits per heavy atom. The Hall–Kier alpha value is -7.42. The molecule has 2 heteroatoms. The van der Waals surface area contributed by atoms with Crippen molar-refractivity contribution >= 4 is 39.0 Å². The normalized spacial score (nSPS) is 18.0. The number of hydrogen-bond acceptors (Lipinski definition) is 2. The Morgan fingerprint density at radius 1 is 0.422 bits per heavy atom. The second kappa shape index (κ2) is 14.9. The van der Waals surface area contributed by atoms with E-state index in [1.54, 1.807) is 0 Å². The van der Waals surface area contributed by atoms with Crippen LogP contribution < -0.4 is 4.90 Å². The molecule has 0 spiro atoms. The first-order valence-corrected chi connectivity index (χ1v) is 23.1. The van der Waals surface area contributed by atoms with Crippen molar-refractivity contribution < 1.29 is 4.42 Å². The SMILES string of the molecule is c1ccc(-c2cccc(C3(c4cccc(N(c5ccc(C6CC7CCC6C7)cc5)c5ccc6oc7cccc(-c8ccccc8)c7c6c5)c4)c4ccccc4-c4ccccc43)c2)cc1. The predicted octanol–water partition coefficient (Wildman–Crippen LogP) is 16.7. The van der Waals surface area contributed by atoms with Crippen molar-refractivity contribution in [3.8, 4) is 33.4 Å². The third-order valence-corrected chi connectivity index (χ3v) is 15.0. The molecule has 3 unspecified atom stereocenters. The topological polar surface area (TPSA) is 16.4 Å². The zero-order valence-electron chi connectivity index (χ0n) is 35.7. The number of anilines is 3. The van der Waals surface area contributed by atoms with Gasteiger partial charge in [-0.25, -0.2) is 0 Å². The minimum absolute atomic E-state index is 0.569. The van der Waals surface area contributed by atoms with E-state index in [-0.39, 0.29) is 0 Å². The molecule has 3 atom stereocenters. The summed E-state index contributed by atoms with van der Waals surface area (Å²) in [5.41, 5.74) is 18.5. The van der Waals surface area contributed by atoms with Crippen LogP contribution >= 0.6 is 0 Å². The van der Waals surface area contributed by atoms with Crippen molar-refractivity contribution in [2.75, 3.05) is 4.90 Å². The van der Waals surface area contributed by atoms with Gasteiger partial charge in [0.15, 0.2) is 0 Å². The molecule has 1 heterocycles. The van der Waals surface area contributed by atoms with E-state index in [1.165, 1.54) is 86.9 Å². The Morgan fingerprint density at radius 3 is 1.75 bits per heavy atom. The molecule has 0 saturated heterocycles. The highest BCUT2D eigenvalue weighted by atomic mass is 16.3. The van der Waals surface area contributed by atoms with Crippen LogP contribution in [0.3, 0.4) is 0 Å². The van der Waals surface area contributed by atoms with E-state index in [0.717, 1.165) is 50.8 Å². The van der Waals surface area contributed by atoms with E-state index in [4.69, 9.17) is 4.42 Å². The molecule has 9 aromatic carbocycles. The Labute approximate surface area is 375 Å². The van der Waals surface area contributed by atoms with Crippen LogP contribution in [0.15, 0.2) is 223 Å². The van der Waals surface area contributed by atoms with E-state index in [1.807, 2.05) is 0 Å². The standard InChI is InChI=1S/C62H47NO/c1-3-14-42(15-4-1)45-18-11-19-47(38-45)62(57-25-9-7-22-53(57)54-23-8-10-26-58(54)62)48-20-12-21-50(39-48)63(49-32-30-44(31-33-49)55-37-41-28-29-46(55)36-41)51-34-35-59-56(40-51)61-52(24-13-27-60(61)64-59)43-16-5-2-6-17-43/h1-27,30-35,38-41,46,55H,28-29,36-37H2. The van der Waals surface area contributed by atoms with Gasteiger partial charge in [-0.3, -0.25) is 0 Å². The van der Waals surface area contributed by atoms with Gasteiger partial charge >= 0.3 is 0 Å². The highest BCUT2D eigenvalue weighted by Crippen LogP contribution is 2.57. The van der Waals surface area contributed by atoms with Gasteiger partial charge in [-0.1, -0.05) is 170 Å². The molecule has 2 fully saturated rings. The summed E-state index contributed by atoms with van der Waals surface area (Å²) in [5, 5.41) is 2.25. The fraction of sp³-hybridized carbons (Fsp3) is 0.129. The maximum absolute atomic E-state index is 6.60. The summed E-state index contributed by atoms with van der Waals surface area (Å²) in [5.74, 6) is 2.40. The van der Waals surface area contributed by atoms with Crippen LogP contribution in [0.1, 0.15) is 59.4 Å². The minimum Gasteiger partial charge on any atom is -0.456 e. The first kappa shape index (κ1) is 37.2. The smallest absolute Gasteiger partial charge is 0.136 e. The molecule has 0 N–H and O–H groups in total. The second-order valence-corrected chi connectivity index (χ2v) is 18.4. The van der Waals surface area contributed by atoms with E-state index in [2.05, 4.69) is 223 Å². The van der Waals surface area contributed by atoms with Gasteiger partial charge in [0.05, 0.1) is 5.41 Å². The number of nitrogens with zero attached hydrogens (tertiary/aromatic N) is 1. The molecule has 306 valence electrons. The maximum atomic E-state index is 6.60. The van der Waals surface area contributed by atoms with E-state index in [9.17, 15) is 0 Å². The van der Waals surface area contributed by atoms with Gasteiger partial charge in [0.2, 0.25) is 0 Å². The van der Waals surface area contributed by atoms with Gasteiger partial charge in [-0.05, 0) is 153 Å². The summed E-state index contributed by atoms with van der Waals surface area (Å²) in [4.78, 5) is 2.47. The van der Waals surface area contributed by atoms with Crippen molar-refractivity contribution in [3.63, 3.8) is 0 Å². The van der Waals surface area contributed by atoms with Crippen LogP contribution in [0.5, 0.6) is 0 Å². The largest absolute Gasteiger partial charge is 0.456 e. The quantitative estimate of drug-likeness (QED) is 0.152. The van der Waals surface area contributed by atoms with Gasteiger partial charge in [-0.15, -0.1) is 0 Å². The minimum atomic E-state index is -0.569. The second-order valence-electron chi connectivity index (χ2n) is 18.4. The first-order valence-electron chi connectivity index (χ1n) is 23.1. The van der Waals surface area contributed by atoms with Crippen LogP contribution in [0.4, 0.5) is 17.1 Å². The molecule has 64 heavy (non-hydrogen) atoms. The Balaban J connectivity index is 1.03. The molecule has 2 nitrogen and oxygen atoms in total. The summed E-state index contributed by atoms with van der Waals surface area (Å²) in [6.07, 6.45) is 5.52. The zero-order valence-corrected chi connectivity index (χ0v) is 35.7. The van der Waals surface area contributed by atoms with Crippen molar-refractivity contribution in [1.82, 2.24) is 0 Å². The highest BCUT2D eigenvalue weighted by Gasteiger charge is 2.46. The van der Waals surface area contributed by atoms with E-state index in [0.29, 0.717) is 5.92 Å². The molecule has 1 aromatic heterocycles. The molecule has 3 aliphatic rings. The number of furan rings is 1. The lowest BCUT2D eigenvalue weighted by molar-refractivity contribution is 0.420. The average molecular weight is 822 g/mol. The molecule has 0 amide bonds. The van der Waals surface area contributed by atoms with Gasteiger partial charge in [0.25, 0.3) is 0 Å². The number of benzene rings is 9. The molecule has 2 saturated carbocycles. The highest BCUT2D eigenvalue weighted by molar-refractivity contribution is 6.13. The average Bonchev–Trinajstić information content (AvgIpc) is 4.16. The molecule has 3 aliphatic carbocycles. The number of hydrogen-bond donors (Lipinski definition) is 0. The summed E-state index contributed by atoms with van der Waals surface area (Å²) < 4.78 is 6.60. The lowest BCUT2D eigenvalue weighted by atomic mass is 9.67. The van der Waals surface area contributed by atoms with Gasteiger partial charge in [0, 0.05) is 27.8 Å². The predicted molar refractivity (Wildman–Crippen MR) is 265 cm³/mol. The number of fused-ring (bicyclic) bond motifs is 8. The van der Waals surface area contributed by atoms with Crippen LogP contribution in [0, 0.1) is 11.8 Å². The fourth-order valence-corrected chi connectivity index (χ4v) is 12.2. The molecular formula is C62H47NO. The van der Waals surface area contributed by atoms with Gasteiger partial charge in [-0.2, -0.15) is 0 Å². The first-order chi connectivity index (χ1) is 31.7. The van der Waals surface area contributed by atoms with Crippen molar-refractivity contribution in [2.45, 2.75) is 37.0 Å². The zero-order chi connectivity index (χ0) is 42.2. The van der Waals surface area contributed by atoms with Crippen LogP contribution in [0.25, 0.3) is 55.3 Å². The summed E-state index contributed by atoms with van der Waals surface area (Å²) >= 11 is 0. The maximum Gasteiger partial charge on any atom is 0.136 e. The van der Waals surface area contributed by atoms with Crippen LogP contribution in [-0.2, 0) is 5.41 Å². The third kappa shape index (κ3) is 5.78. The monoisotopic (exact) mass is 821 g/mol. The van der Waals surface area contributed by atoms with Crippen molar-refractivity contribution in [1.29, 1.82) is 0 Å². The third-order valence-electron chi connectivity index (χ3n) is 15.0. The molecule has 0 radical (unpaired) electrons. The molecule has 2 bridgehead atoms. The Bertz CT molecular complexity index is 3320. The molecule has 0 aliphatic heterocycles. The van der Waals surface area contributed by atoms with Crippen LogP contribution in [-0.4, -0.2) is 0 Å². The molecule has 10 aromatic rings. The van der Waals surface area contributed by atoms with Crippen molar-refractivity contribution in [3.05, 3.63) is 246 Å². The molecule has 13 rings (SSSR count). The number of rotatable bonds is 8. The Kier molecular flexibility index (Phi) is 8.62. The van der Waals surface area contributed by atoms with Gasteiger partial charge in [0.1, 0.15) is 11.2 Å².